The second-order valence-corrected chi connectivity index (χ2v) is 5.51. The van der Waals surface area contributed by atoms with E-state index in [2.05, 4.69) is 43.1 Å². The Morgan fingerprint density at radius 1 is 1.18 bits per heavy atom. The molecule has 1 aromatic carbocycles. The zero-order chi connectivity index (χ0) is 12.3. The summed E-state index contributed by atoms with van der Waals surface area (Å²) in [6, 6.07) is 8.96. The van der Waals surface area contributed by atoms with Crippen LogP contribution in [0.4, 0.5) is 0 Å². The third-order valence-corrected chi connectivity index (χ3v) is 4.22. The van der Waals surface area contributed by atoms with Crippen molar-refractivity contribution < 1.29 is 0 Å². The summed E-state index contributed by atoms with van der Waals surface area (Å²) in [5.74, 6) is 0. The summed E-state index contributed by atoms with van der Waals surface area (Å²) in [6.45, 7) is 5.27. The van der Waals surface area contributed by atoms with Crippen LogP contribution in [0.15, 0.2) is 24.3 Å². The zero-order valence-corrected chi connectivity index (χ0v) is 11.1. The molecule has 1 aliphatic rings. The molecule has 0 aromatic heterocycles. The van der Waals surface area contributed by atoms with Crippen molar-refractivity contribution in [2.75, 3.05) is 26.7 Å². The quantitative estimate of drug-likeness (QED) is 0.848. The molecule has 1 saturated heterocycles. The van der Waals surface area contributed by atoms with Crippen molar-refractivity contribution in [1.29, 1.82) is 0 Å². The fraction of sp³-hybridized carbons (Fsp3) is 0.600. The fourth-order valence-electron chi connectivity index (χ4n) is 2.85. The monoisotopic (exact) mass is 232 g/mol. The minimum atomic E-state index is 0.207. The van der Waals surface area contributed by atoms with Gasteiger partial charge in [-0.25, -0.2) is 0 Å². The summed E-state index contributed by atoms with van der Waals surface area (Å²) < 4.78 is 0. The van der Waals surface area contributed by atoms with E-state index in [1.54, 1.807) is 0 Å². The maximum absolute atomic E-state index is 6.10. The van der Waals surface area contributed by atoms with E-state index in [1.165, 1.54) is 36.9 Å². The largest absolute Gasteiger partial charge is 0.330 e. The Balaban J connectivity index is 2.26. The number of aryl methyl sites for hydroxylation is 1. The molecule has 0 spiro atoms. The van der Waals surface area contributed by atoms with Crippen molar-refractivity contribution in [3.8, 4) is 0 Å². The van der Waals surface area contributed by atoms with Gasteiger partial charge in [0, 0.05) is 12.0 Å². The van der Waals surface area contributed by atoms with Crippen molar-refractivity contribution >= 4 is 0 Å². The molecule has 2 N–H and O–H groups in total. The van der Waals surface area contributed by atoms with Crippen LogP contribution in [0.2, 0.25) is 0 Å². The molecule has 0 saturated carbocycles. The lowest BCUT2D eigenvalue weighted by Crippen LogP contribution is -2.36. The van der Waals surface area contributed by atoms with Gasteiger partial charge in [-0.2, -0.15) is 0 Å². The Kier molecular flexibility index (Phi) is 3.85. The molecule has 1 aromatic rings. The lowest BCUT2D eigenvalue weighted by molar-refractivity contribution is 0.329. The van der Waals surface area contributed by atoms with Gasteiger partial charge in [0.2, 0.25) is 0 Å². The molecule has 2 heteroatoms. The molecule has 0 aliphatic carbocycles. The van der Waals surface area contributed by atoms with Crippen molar-refractivity contribution in [2.24, 2.45) is 5.73 Å². The van der Waals surface area contributed by atoms with E-state index in [9.17, 15) is 0 Å². The number of hydrogen-bond donors (Lipinski definition) is 1. The Labute approximate surface area is 105 Å². The number of nitrogens with zero attached hydrogens (tertiary/aromatic N) is 1. The zero-order valence-electron chi connectivity index (χ0n) is 11.1. The van der Waals surface area contributed by atoms with Gasteiger partial charge in [0.25, 0.3) is 0 Å². The molecule has 2 rings (SSSR count). The van der Waals surface area contributed by atoms with Crippen molar-refractivity contribution in [3.05, 3.63) is 35.4 Å². The predicted octanol–water partition coefficient (Wildman–Crippen LogP) is 2.31. The highest BCUT2D eigenvalue weighted by Crippen LogP contribution is 2.34. The number of rotatable bonds is 2. The molecule has 2 nitrogen and oxygen atoms in total. The van der Waals surface area contributed by atoms with Crippen LogP contribution in [-0.2, 0) is 5.41 Å². The van der Waals surface area contributed by atoms with Crippen LogP contribution >= 0.6 is 0 Å². The van der Waals surface area contributed by atoms with Crippen LogP contribution in [0.25, 0.3) is 0 Å². The van der Waals surface area contributed by atoms with Crippen LogP contribution in [0.1, 0.15) is 30.4 Å². The highest BCUT2D eigenvalue weighted by Gasteiger charge is 2.32. The Morgan fingerprint density at radius 2 is 1.88 bits per heavy atom. The first-order valence-electron chi connectivity index (χ1n) is 6.62. The van der Waals surface area contributed by atoms with Gasteiger partial charge in [-0.1, -0.05) is 29.8 Å². The Bertz CT molecular complexity index is 358. The summed E-state index contributed by atoms with van der Waals surface area (Å²) in [5, 5.41) is 0. The molecular weight excluding hydrogens is 208 g/mol. The summed E-state index contributed by atoms with van der Waals surface area (Å²) in [7, 11) is 2.21. The number of nitrogens with two attached hydrogens (primary N) is 1. The molecule has 1 unspecified atom stereocenters. The molecule has 1 heterocycles. The van der Waals surface area contributed by atoms with Crippen LogP contribution in [0.5, 0.6) is 0 Å². The number of hydrogen-bond acceptors (Lipinski definition) is 2. The average Bonchev–Trinajstić information content (AvgIpc) is 2.53. The SMILES string of the molecule is Cc1ccc(C2(CN)CCCN(C)CC2)cc1. The predicted molar refractivity (Wildman–Crippen MR) is 73.3 cm³/mol. The van der Waals surface area contributed by atoms with E-state index in [4.69, 9.17) is 5.73 Å². The molecule has 1 atom stereocenters. The summed E-state index contributed by atoms with van der Waals surface area (Å²) in [4.78, 5) is 2.42. The number of benzene rings is 1. The van der Waals surface area contributed by atoms with Gasteiger partial charge in [-0.05, 0) is 51.9 Å². The van der Waals surface area contributed by atoms with Gasteiger partial charge in [0.15, 0.2) is 0 Å². The van der Waals surface area contributed by atoms with Crippen molar-refractivity contribution in [3.63, 3.8) is 0 Å². The summed E-state index contributed by atoms with van der Waals surface area (Å²) in [6.07, 6.45) is 3.65. The second-order valence-electron chi connectivity index (χ2n) is 5.51. The first kappa shape index (κ1) is 12.6. The fourth-order valence-corrected chi connectivity index (χ4v) is 2.85. The summed E-state index contributed by atoms with van der Waals surface area (Å²) >= 11 is 0. The van der Waals surface area contributed by atoms with Gasteiger partial charge in [-0.3, -0.25) is 0 Å². The molecule has 17 heavy (non-hydrogen) atoms. The van der Waals surface area contributed by atoms with E-state index in [0.717, 1.165) is 13.1 Å². The Morgan fingerprint density at radius 3 is 2.53 bits per heavy atom. The topological polar surface area (TPSA) is 29.3 Å². The normalized spacial score (nSPS) is 26.8. The second kappa shape index (κ2) is 5.19. The first-order chi connectivity index (χ1) is 8.16. The molecule has 0 bridgehead atoms. The standard InChI is InChI=1S/C15H24N2/c1-13-4-6-14(7-5-13)15(12-16)8-3-10-17(2)11-9-15/h4-7H,3,8-12,16H2,1-2H3. The summed E-state index contributed by atoms with van der Waals surface area (Å²) in [5.41, 5.74) is 9.07. The van der Waals surface area contributed by atoms with E-state index in [1.807, 2.05) is 0 Å². The van der Waals surface area contributed by atoms with Crippen LogP contribution < -0.4 is 5.73 Å². The lowest BCUT2D eigenvalue weighted by Gasteiger charge is -2.32. The molecule has 1 aliphatic heterocycles. The van der Waals surface area contributed by atoms with E-state index >= 15 is 0 Å². The first-order valence-corrected chi connectivity index (χ1v) is 6.62. The maximum atomic E-state index is 6.10. The molecule has 1 fully saturated rings. The van der Waals surface area contributed by atoms with Gasteiger partial charge >= 0.3 is 0 Å². The minimum absolute atomic E-state index is 0.207. The lowest BCUT2D eigenvalue weighted by atomic mass is 9.74. The third-order valence-electron chi connectivity index (χ3n) is 4.22. The van der Waals surface area contributed by atoms with Crippen LogP contribution in [0.3, 0.4) is 0 Å². The van der Waals surface area contributed by atoms with Gasteiger partial charge in [0.05, 0.1) is 0 Å². The van der Waals surface area contributed by atoms with E-state index < -0.39 is 0 Å². The molecule has 0 radical (unpaired) electrons. The van der Waals surface area contributed by atoms with E-state index in [-0.39, 0.29) is 5.41 Å². The maximum Gasteiger partial charge on any atom is 0.00881 e. The third kappa shape index (κ3) is 2.70. The smallest absolute Gasteiger partial charge is 0.00881 e. The van der Waals surface area contributed by atoms with Gasteiger partial charge < -0.3 is 10.6 Å². The van der Waals surface area contributed by atoms with E-state index in [0.29, 0.717) is 0 Å². The molecular formula is C15H24N2. The number of likely N-dealkylation sites (tertiary alicyclic amines) is 1. The highest BCUT2D eigenvalue weighted by atomic mass is 15.1. The highest BCUT2D eigenvalue weighted by molar-refractivity contribution is 5.29. The molecule has 0 amide bonds. The van der Waals surface area contributed by atoms with Crippen LogP contribution in [0, 0.1) is 6.92 Å². The van der Waals surface area contributed by atoms with Crippen molar-refractivity contribution in [2.45, 2.75) is 31.6 Å². The van der Waals surface area contributed by atoms with Gasteiger partial charge in [-0.15, -0.1) is 0 Å². The minimum Gasteiger partial charge on any atom is -0.330 e. The van der Waals surface area contributed by atoms with Gasteiger partial charge in [0.1, 0.15) is 0 Å². The Hall–Kier alpha value is -0.860. The van der Waals surface area contributed by atoms with Crippen LogP contribution in [-0.4, -0.2) is 31.6 Å². The van der Waals surface area contributed by atoms with Crippen molar-refractivity contribution in [1.82, 2.24) is 4.90 Å². The molecule has 94 valence electrons. The average molecular weight is 232 g/mol.